The molecule has 2 nitrogen and oxygen atoms in total. The van der Waals surface area contributed by atoms with E-state index in [1.54, 1.807) is 0 Å². The van der Waals surface area contributed by atoms with Gasteiger partial charge in [0.2, 0.25) is 0 Å². The van der Waals surface area contributed by atoms with Crippen molar-refractivity contribution in [1.82, 2.24) is 0 Å². The van der Waals surface area contributed by atoms with Gasteiger partial charge in [-0.05, 0) is 35.7 Å². The van der Waals surface area contributed by atoms with Crippen molar-refractivity contribution in [2.45, 2.75) is 13.8 Å². The molecule has 0 amide bonds. The summed E-state index contributed by atoms with van der Waals surface area (Å²) in [5.74, 6) is 1.77. The molecule has 0 saturated heterocycles. The number of rotatable bonds is 4. The average Bonchev–Trinajstić information content (AvgIpc) is 2.65. The molecule has 0 fully saturated rings. The van der Waals surface area contributed by atoms with E-state index in [4.69, 9.17) is 9.31 Å². The van der Waals surface area contributed by atoms with Crippen molar-refractivity contribution in [3.8, 4) is 11.5 Å². The van der Waals surface area contributed by atoms with Gasteiger partial charge in [-0.3, -0.25) is 0 Å². The summed E-state index contributed by atoms with van der Waals surface area (Å²) in [6, 6.07) is 24.9. The van der Waals surface area contributed by atoms with Crippen molar-refractivity contribution in [2.75, 3.05) is 0 Å². The Morgan fingerprint density at radius 2 is 1.00 bits per heavy atom. The molecule has 0 N–H and O–H groups in total. The van der Waals surface area contributed by atoms with Crippen molar-refractivity contribution in [3.63, 3.8) is 0 Å². The summed E-state index contributed by atoms with van der Waals surface area (Å²) in [5, 5.41) is 4.57. The molecule has 0 unspecified atom stereocenters. The molecule has 4 rings (SSSR count). The molecule has 0 radical (unpaired) electrons. The molecule has 0 atom stereocenters. The maximum absolute atomic E-state index is 6.04. The Morgan fingerprint density at radius 3 is 1.48 bits per heavy atom. The molecule has 0 spiro atoms. The molecular weight excluding hydrogens is 307 g/mol. The van der Waals surface area contributed by atoms with E-state index in [0.717, 1.165) is 33.4 Å². The molecule has 25 heavy (non-hydrogen) atoms. The van der Waals surface area contributed by atoms with Gasteiger partial charge in [0.05, 0.1) is 0 Å². The molecule has 0 saturated carbocycles. The lowest BCUT2D eigenvalue weighted by Gasteiger charge is -2.15. The standard InChI is InChI=1S/C22H19BO2/c1-15-11-13-17-7-3-5-9-19(17)21(15)24-23-25-22-16(2)12-14-18-8-4-6-10-20(18)22/h3-14,23H,1-2H3. The fraction of sp³-hybridized carbons (Fsp3) is 0.0909. The number of hydrogen-bond donors (Lipinski definition) is 0. The van der Waals surface area contributed by atoms with Crippen LogP contribution in [0, 0.1) is 13.8 Å². The second kappa shape index (κ2) is 6.52. The molecule has 0 aliphatic carbocycles. The van der Waals surface area contributed by atoms with E-state index < -0.39 is 0 Å². The van der Waals surface area contributed by atoms with Crippen molar-refractivity contribution >= 4 is 29.2 Å². The Hall–Kier alpha value is -2.94. The average molecular weight is 326 g/mol. The van der Waals surface area contributed by atoms with Gasteiger partial charge < -0.3 is 9.31 Å². The van der Waals surface area contributed by atoms with Gasteiger partial charge in [-0.25, -0.2) is 0 Å². The Labute approximate surface area is 148 Å². The van der Waals surface area contributed by atoms with E-state index in [0.29, 0.717) is 0 Å². The fourth-order valence-electron chi connectivity index (χ4n) is 3.23. The molecule has 4 aromatic carbocycles. The van der Waals surface area contributed by atoms with Gasteiger partial charge in [0, 0.05) is 10.8 Å². The second-order valence-corrected chi connectivity index (χ2v) is 6.27. The van der Waals surface area contributed by atoms with Gasteiger partial charge in [0.1, 0.15) is 11.5 Å². The van der Waals surface area contributed by atoms with Gasteiger partial charge in [-0.2, -0.15) is 0 Å². The smallest absolute Gasteiger partial charge is 0.528 e. The number of benzene rings is 4. The van der Waals surface area contributed by atoms with E-state index >= 15 is 0 Å². The molecule has 0 bridgehead atoms. The highest BCUT2D eigenvalue weighted by Gasteiger charge is 2.10. The maximum atomic E-state index is 6.04. The minimum atomic E-state index is 0.184. The Kier molecular flexibility index (Phi) is 4.06. The molecule has 0 aliphatic rings. The van der Waals surface area contributed by atoms with Crippen LogP contribution in [0.5, 0.6) is 11.5 Å². The van der Waals surface area contributed by atoms with Crippen LogP contribution in [0.1, 0.15) is 11.1 Å². The van der Waals surface area contributed by atoms with Crippen molar-refractivity contribution in [2.24, 2.45) is 0 Å². The summed E-state index contributed by atoms with van der Waals surface area (Å²) in [7, 11) is 0.184. The molecular formula is C22H19BO2. The maximum Gasteiger partial charge on any atom is 0.576 e. The molecule has 122 valence electrons. The topological polar surface area (TPSA) is 18.5 Å². The first-order valence-corrected chi connectivity index (χ1v) is 8.46. The lowest BCUT2D eigenvalue weighted by molar-refractivity contribution is 0.461. The van der Waals surface area contributed by atoms with E-state index in [-0.39, 0.29) is 7.69 Å². The number of aryl methyl sites for hydroxylation is 2. The quantitative estimate of drug-likeness (QED) is 0.472. The van der Waals surface area contributed by atoms with Gasteiger partial charge in [0.15, 0.2) is 0 Å². The highest BCUT2D eigenvalue weighted by atomic mass is 16.6. The number of hydrogen-bond acceptors (Lipinski definition) is 2. The van der Waals surface area contributed by atoms with Crippen LogP contribution in [0.3, 0.4) is 0 Å². The van der Waals surface area contributed by atoms with Crippen molar-refractivity contribution in [1.29, 1.82) is 0 Å². The van der Waals surface area contributed by atoms with Gasteiger partial charge >= 0.3 is 7.69 Å². The van der Waals surface area contributed by atoms with Crippen LogP contribution in [0.4, 0.5) is 0 Å². The Bertz CT molecular complexity index is 971. The SMILES string of the molecule is Cc1ccc2ccccc2c1OBOc1c(C)ccc2ccccc12. The van der Waals surface area contributed by atoms with E-state index in [2.05, 4.69) is 62.4 Å². The van der Waals surface area contributed by atoms with Crippen LogP contribution >= 0.6 is 0 Å². The first kappa shape index (κ1) is 15.6. The fourth-order valence-corrected chi connectivity index (χ4v) is 3.23. The van der Waals surface area contributed by atoms with E-state index in [1.807, 2.05) is 24.3 Å². The number of fused-ring (bicyclic) bond motifs is 2. The Balaban J connectivity index is 1.62. The Morgan fingerprint density at radius 1 is 0.560 bits per heavy atom. The summed E-state index contributed by atoms with van der Waals surface area (Å²) >= 11 is 0. The summed E-state index contributed by atoms with van der Waals surface area (Å²) in [6.07, 6.45) is 0. The summed E-state index contributed by atoms with van der Waals surface area (Å²) in [6.45, 7) is 4.12. The van der Waals surface area contributed by atoms with E-state index in [9.17, 15) is 0 Å². The molecule has 0 aromatic heterocycles. The monoisotopic (exact) mass is 326 g/mol. The van der Waals surface area contributed by atoms with Gasteiger partial charge in [0.25, 0.3) is 0 Å². The zero-order valence-electron chi connectivity index (χ0n) is 14.5. The predicted octanol–water partition coefficient (Wildman–Crippen LogP) is 5.33. The van der Waals surface area contributed by atoms with Crippen LogP contribution in [0.15, 0.2) is 72.8 Å². The van der Waals surface area contributed by atoms with Crippen LogP contribution in [-0.2, 0) is 0 Å². The van der Waals surface area contributed by atoms with Crippen molar-refractivity contribution in [3.05, 3.63) is 83.9 Å². The predicted molar refractivity (Wildman–Crippen MR) is 106 cm³/mol. The summed E-state index contributed by atoms with van der Waals surface area (Å²) < 4.78 is 12.1. The van der Waals surface area contributed by atoms with Crippen LogP contribution in [0.2, 0.25) is 0 Å². The highest BCUT2D eigenvalue weighted by molar-refractivity contribution is 6.22. The third-order valence-electron chi connectivity index (χ3n) is 4.56. The van der Waals surface area contributed by atoms with Crippen molar-refractivity contribution < 1.29 is 9.31 Å². The lowest BCUT2D eigenvalue weighted by Crippen LogP contribution is -2.12. The zero-order chi connectivity index (χ0) is 17.2. The largest absolute Gasteiger partial charge is 0.576 e. The zero-order valence-corrected chi connectivity index (χ0v) is 14.5. The summed E-state index contributed by atoms with van der Waals surface area (Å²) in [5.41, 5.74) is 2.22. The first-order chi connectivity index (χ1) is 12.2. The summed E-state index contributed by atoms with van der Waals surface area (Å²) in [4.78, 5) is 0. The van der Waals surface area contributed by atoms with Crippen LogP contribution in [0.25, 0.3) is 21.5 Å². The molecule has 0 heterocycles. The second-order valence-electron chi connectivity index (χ2n) is 6.27. The van der Waals surface area contributed by atoms with Crippen LogP contribution < -0.4 is 9.31 Å². The molecule has 4 aromatic rings. The molecule has 3 heteroatoms. The lowest BCUT2D eigenvalue weighted by atomic mass is 10.0. The first-order valence-electron chi connectivity index (χ1n) is 8.46. The normalized spacial score (nSPS) is 10.8. The van der Waals surface area contributed by atoms with Crippen LogP contribution in [-0.4, -0.2) is 7.69 Å². The minimum Gasteiger partial charge on any atom is -0.528 e. The van der Waals surface area contributed by atoms with Gasteiger partial charge in [-0.15, -0.1) is 0 Å². The minimum absolute atomic E-state index is 0.184. The third-order valence-corrected chi connectivity index (χ3v) is 4.56. The molecule has 0 aliphatic heterocycles. The van der Waals surface area contributed by atoms with Gasteiger partial charge in [-0.1, -0.05) is 72.8 Å². The van der Waals surface area contributed by atoms with E-state index in [1.165, 1.54) is 10.8 Å². The third kappa shape index (κ3) is 2.94. The highest BCUT2D eigenvalue weighted by Crippen LogP contribution is 2.31.